The fourth-order valence-corrected chi connectivity index (χ4v) is 4.12. The largest absolute Gasteiger partial charge is 0.317 e. The van der Waals surface area contributed by atoms with E-state index in [-0.39, 0.29) is 5.92 Å². The van der Waals surface area contributed by atoms with Crippen LogP contribution in [0.5, 0.6) is 0 Å². The van der Waals surface area contributed by atoms with Crippen molar-refractivity contribution in [3.05, 3.63) is 35.4 Å². The van der Waals surface area contributed by atoms with Gasteiger partial charge in [-0.1, -0.05) is 56.4 Å². The molecule has 1 fully saturated rings. The van der Waals surface area contributed by atoms with Crippen LogP contribution >= 0.6 is 0 Å². The van der Waals surface area contributed by atoms with E-state index in [0.717, 1.165) is 43.8 Å². The zero-order valence-corrected chi connectivity index (χ0v) is 13.7. The molecule has 0 aromatic heterocycles. The Labute approximate surface area is 134 Å². The van der Waals surface area contributed by atoms with Crippen LogP contribution in [-0.4, -0.2) is 18.9 Å². The number of carbonyl (C=O) groups excluding carboxylic acids is 1. The molecule has 1 unspecified atom stereocenters. The Hall–Kier alpha value is -1.15. The van der Waals surface area contributed by atoms with Crippen molar-refractivity contribution in [2.75, 3.05) is 13.1 Å². The number of aryl methyl sites for hydroxylation is 1. The first kappa shape index (κ1) is 15.7. The lowest BCUT2D eigenvalue weighted by Crippen LogP contribution is -2.27. The van der Waals surface area contributed by atoms with Crippen molar-refractivity contribution in [1.29, 1.82) is 0 Å². The van der Waals surface area contributed by atoms with Crippen LogP contribution < -0.4 is 5.32 Å². The number of ketones is 1. The van der Waals surface area contributed by atoms with Gasteiger partial charge < -0.3 is 5.32 Å². The molecule has 2 aliphatic carbocycles. The molecule has 0 amide bonds. The minimum absolute atomic E-state index is 0.233. The number of fused-ring (bicyclic) bond motifs is 1. The van der Waals surface area contributed by atoms with Crippen molar-refractivity contribution in [3.8, 4) is 0 Å². The van der Waals surface area contributed by atoms with Gasteiger partial charge in [0.15, 0.2) is 5.78 Å². The maximum atomic E-state index is 12.5. The van der Waals surface area contributed by atoms with Gasteiger partial charge in [0.2, 0.25) is 0 Å². The maximum absolute atomic E-state index is 12.5. The number of hydrogen-bond acceptors (Lipinski definition) is 2. The van der Waals surface area contributed by atoms with Gasteiger partial charge in [-0.25, -0.2) is 0 Å². The number of carbonyl (C=O) groups is 1. The molecule has 1 aromatic carbocycles. The Morgan fingerprint density at radius 1 is 0.955 bits per heavy atom. The highest BCUT2D eigenvalue weighted by atomic mass is 16.1. The number of Topliss-reactive ketones (excluding diaryl/α,β-unsaturated/α-hetero) is 1. The van der Waals surface area contributed by atoms with Gasteiger partial charge in [-0.3, -0.25) is 4.79 Å². The molecule has 2 nitrogen and oxygen atoms in total. The summed E-state index contributed by atoms with van der Waals surface area (Å²) in [5.74, 6) is 1.55. The van der Waals surface area contributed by atoms with Crippen LogP contribution in [0.3, 0.4) is 0 Å². The molecule has 22 heavy (non-hydrogen) atoms. The second kappa shape index (κ2) is 7.92. The van der Waals surface area contributed by atoms with Gasteiger partial charge in [0.25, 0.3) is 0 Å². The third-order valence-corrected chi connectivity index (χ3v) is 5.54. The molecule has 2 heteroatoms. The van der Waals surface area contributed by atoms with Crippen molar-refractivity contribution in [2.24, 2.45) is 11.8 Å². The molecule has 0 radical (unpaired) electrons. The van der Waals surface area contributed by atoms with Crippen LogP contribution in [0, 0.1) is 11.8 Å². The van der Waals surface area contributed by atoms with Crippen LogP contribution in [-0.2, 0) is 6.42 Å². The van der Waals surface area contributed by atoms with Gasteiger partial charge in [-0.2, -0.15) is 0 Å². The first-order valence-electron chi connectivity index (χ1n) is 9.17. The number of hydrogen-bond donors (Lipinski definition) is 1. The lowest BCUT2D eigenvalue weighted by Gasteiger charge is -2.24. The summed E-state index contributed by atoms with van der Waals surface area (Å²) in [6.07, 6.45) is 11.6. The van der Waals surface area contributed by atoms with Crippen molar-refractivity contribution in [3.63, 3.8) is 0 Å². The predicted molar refractivity (Wildman–Crippen MR) is 91.3 cm³/mol. The van der Waals surface area contributed by atoms with Gasteiger partial charge in [0, 0.05) is 11.5 Å². The molecule has 2 aliphatic rings. The third kappa shape index (κ3) is 3.98. The summed E-state index contributed by atoms with van der Waals surface area (Å²) in [4.78, 5) is 12.5. The standard InChI is InChI=1S/C20H29NO/c22-20-18(11-10-17-8-4-5-9-19(17)20)13-15-21-14-12-16-6-2-1-3-7-16/h4-5,8-9,16,18,21H,1-3,6-7,10-15H2. The minimum atomic E-state index is 0.233. The van der Waals surface area contributed by atoms with Gasteiger partial charge in [-0.15, -0.1) is 0 Å². The van der Waals surface area contributed by atoms with E-state index in [2.05, 4.69) is 11.4 Å². The molecule has 1 atom stereocenters. The van der Waals surface area contributed by atoms with Gasteiger partial charge in [0.05, 0.1) is 0 Å². The smallest absolute Gasteiger partial charge is 0.166 e. The van der Waals surface area contributed by atoms with E-state index in [1.807, 2.05) is 18.2 Å². The molecule has 3 rings (SSSR count). The summed E-state index contributed by atoms with van der Waals surface area (Å²) in [6, 6.07) is 8.13. The van der Waals surface area contributed by atoms with Crippen molar-refractivity contribution in [1.82, 2.24) is 5.32 Å². The Morgan fingerprint density at radius 3 is 2.59 bits per heavy atom. The first-order valence-corrected chi connectivity index (χ1v) is 9.17. The van der Waals surface area contributed by atoms with Crippen LogP contribution in [0.15, 0.2) is 24.3 Å². The van der Waals surface area contributed by atoms with Crippen molar-refractivity contribution < 1.29 is 4.79 Å². The highest BCUT2D eigenvalue weighted by Gasteiger charge is 2.26. The molecule has 1 N–H and O–H groups in total. The Balaban J connectivity index is 1.37. The summed E-state index contributed by atoms with van der Waals surface area (Å²) >= 11 is 0. The van der Waals surface area contributed by atoms with Crippen molar-refractivity contribution >= 4 is 5.78 Å². The second-order valence-corrected chi connectivity index (χ2v) is 7.09. The van der Waals surface area contributed by atoms with Crippen LogP contribution in [0.1, 0.15) is 67.3 Å². The molecule has 0 aliphatic heterocycles. The van der Waals surface area contributed by atoms with Crippen molar-refractivity contribution in [2.45, 2.75) is 57.8 Å². The summed E-state index contributed by atoms with van der Waals surface area (Å²) < 4.78 is 0. The highest BCUT2D eigenvalue weighted by Crippen LogP contribution is 2.27. The lowest BCUT2D eigenvalue weighted by molar-refractivity contribution is 0.0894. The van der Waals surface area contributed by atoms with Gasteiger partial charge >= 0.3 is 0 Å². The molecular formula is C20H29NO. The summed E-state index contributed by atoms with van der Waals surface area (Å²) in [6.45, 7) is 2.12. The number of nitrogens with one attached hydrogen (secondary N) is 1. The van der Waals surface area contributed by atoms with E-state index in [0.29, 0.717) is 5.78 Å². The first-order chi connectivity index (χ1) is 10.8. The van der Waals surface area contributed by atoms with E-state index in [4.69, 9.17) is 0 Å². The van der Waals surface area contributed by atoms with Gasteiger partial charge in [-0.05, 0) is 50.3 Å². The predicted octanol–water partition coefficient (Wildman–Crippen LogP) is 4.38. The van der Waals surface area contributed by atoms with E-state index in [1.54, 1.807) is 0 Å². The Kier molecular flexibility index (Phi) is 5.66. The molecule has 0 heterocycles. The summed E-state index contributed by atoms with van der Waals surface area (Å²) in [5.41, 5.74) is 2.22. The highest BCUT2D eigenvalue weighted by molar-refractivity contribution is 6.00. The van der Waals surface area contributed by atoms with E-state index >= 15 is 0 Å². The average Bonchev–Trinajstić information content (AvgIpc) is 2.58. The third-order valence-electron chi connectivity index (χ3n) is 5.54. The SMILES string of the molecule is O=C1c2ccccc2CCC1CCNCCC1CCCCC1. The maximum Gasteiger partial charge on any atom is 0.166 e. The molecular weight excluding hydrogens is 270 g/mol. The normalized spacial score (nSPS) is 22.5. The molecule has 0 spiro atoms. The summed E-state index contributed by atoms with van der Waals surface area (Å²) in [5, 5.41) is 3.57. The van der Waals surface area contributed by atoms with E-state index in [9.17, 15) is 4.79 Å². The van der Waals surface area contributed by atoms with Crippen LogP contribution in [0.4, 0.5) is 0 Å². The Bertz CT molecular complexity index is 490. The molecule has 1 saturated carbocycles. The van der Waals surface area contributed by atoms with E-state index in [1.165, 1.54) is 44.1 Å². The molecule has 0 bridgehead atoms. The average molecular weight is 299 g/mol. The molecule has 1 aromatic rings. The van der Waals surface area contributed by atoms with Crippen LogP contribution in [0.2, 0.25) is 0 Å². The number of benzene rings is 1. The van der Waals surface area contributed by atoms with Crippen LogP contribution in [0.25, 0.3) is 0 Å². The number of rotatable bonds is 6. The summed E-state index contributed by atoms with van der Waals surface area (Å²) in [7, 11) is 0. The fourth-order valence-electron chi connectivity index (χ4n) is 4.12. The van der Waals surface area contributed by atoms with Gasteiger partial charge in [0.1, 0.15) is 0 Å². The lowest BCUT2D eigenvalue weighted by atomic mass is 9.81. The zero-order valence-electron chi connectivity index (χ0n) is 13.7. The second-order valence-electron chi connectivity index (χ2n) is 7.09. The molecule has 0 saturated heterocycles. The topological polar surface area (TPSA) is 29.1 Å². The fraction of sp³-hybridized carbons (Fsp3) is 0.650. The zero-order chi connectivity index (χ0) is 15.2. The minimum Gasteiger partial charge on any atom is -0.317 e. The quantitative estimate of drug-likeness (QED) is 0.790. The monoisotopic (exact) mass is 299 g/mol. The Morgan fingerprint density at radius 2 is 1.73 bits per heavy atom. The molecule has 120 valence electrons. The van der Waals surface area contributed by atoms with E-state index < -0.39 is 0 Å².